The van der Waals surface area contributed by atoms with Crippen LogP contribution in [-0.4, -0.2) is 19.0 Å². The number of allylic oxidation sites excluding steroid dienone is 2. The molecule has 3 aliphatic rings. The van der Waals surface area contributed by atoms with E-state index in [0.29, 0.717) is 17.6 Å². The summed E-state index contributed by atoms with van der Waals surface area (Å²) in [5.41, 5.74) is 0.791. The van der Waals surface area contributed by atoms with Crippen LogP contribution < -0.4 is 0 Å². The van der Waals surface area contributed by atoms with Gasteiger partial charge in [-0.15, -0.1) is 0 Å². The van der Waals surface area contributed by atoms with Crippen LogP contribution in [-0.2, 0) is 19.1 Å². The molecule has 5 atom stereocenters. The highest BCUT2D eigenvalue weighted by atomic mass is 16.5. The molecule has 4 heteroatoms. The Morgan fingerprint density at radius 3 is 2.46 bits per heavy atom. The van der Waals surface area contributed by atoms with Gasteiger partial charge in [0.05, 0.1) is 12.5 Å². The lowest BCUT2D eigenvalue weighted by Gasteiger charge is -2.60. The molecular weight excluding hydrogens is 328 g/mol. The number of methoxy groups -OCH3 is 1. The lowest BCUT2D eigenvalue weighted by Crippen LogP contribution is -2.56. The predicted molar refractivity (Wildman–Crippen MR) is 100 cm³/mol. The number of rotatable bonds is 3. The summed E-state index contributed by atoms with van der Waals surface area (Å²) in [5.74, 6) is 0.854. The molecule has 144 valence electrons. The van der Waals surface area contributed by atoms with E-state index in [1.807, 2.05) is 0 Å². The van der Waals surface area contributed by atoms with E-state index in [1.165, 1.54) is 14.0 Å². The van der Waals surface area contributed by atoms with Crippen LogP contribution in [0, 0.1) is 28.1 Å². The van der Waals surface area contributed by atoms with Gasteiger partial charge in [0.15, 0.2) is 0 Å². The minimum atomic E-state index is -0.404. The first-order chi connectivity index (χ1) is 12.1. The summed E-state index contributed by atoms with van der Waals surface area (Å²) in [6.07, 6.45) is 8.31. The molecule has 3 rings (SSSR count). The van der Waals surface area contributed by atoms with Gasteiger partial charge in [-0.05, 0) is 67.3 Å². The largest absolute Gasteiger partial charge is 0.469 e. The van der Waals surface area contributed by atoms with Crippen molar-refractivity contribution in [3.05, 3.63) is 24.0 Å². The Bertz CT molecular complexity index is 678. The average Bonchev–Trinajstić information content (AvgIpc) is 2.92. The van der Waals surface area contributed by atoms with E-state index < -0.39 is 5.41 Å². The Balaban J connectivity index is 1.93. The zero-order chi connectivity index (χ0) is 19.3. The highest BCUT2D eigenvalue weighted by Gasteiger charge is 2.62. The van der Waals surface area contributed by atoms with E-state index in [-0.39, 0.29) is 22.8 Å². The maximum atomic E-state index is 12.6. The third-order valence-corrected chi connectivity index (χ3v) is 7.75. The van der Waals surface area contributed by atoms with E-state index in [1.54, 1.807) is 0 Å². The molecule has 0 aromatic rings. The quantitative estimate of drug-likeness (QED) is 0.536. The van der Waals surface area contributed by atoms with Crippen molar-refractivity contribution in [2.45, 2.75) is 66.2 Å². The minimum absolute atomic E-state index is 0.0625. The van der Waals surface area contributed by atoms with Gasteiger partial charge in [-0.2, -0.15) is 0 Å². The second-order valence-electron chi connectivity index (χ2n) is 9.31. The summed E-state index contributed by atoms with van der Waals surface area (Å²) in [4.78, 5) is 24.0. The van der Waals surface area contributed by atoms with E-state index >= 15 is 0 Å². The fraction of sp³-hybridized carbons (Fsp3) is 0.727. The fourth-order valence-electron chi connectivity index (χ4n) is 6.59. The smallest absolute Gasteiger partial charge is 0.311 e. The normalized spacial score (nSPS) is 41.5. The van der Waals surface area contributed by atoms with Gasteiger partial charge < -0.3 is 9.47 Å². The molecule has 0 bridgehead atoms. The van der Waals surface area contributed by atoms with Crippen molar-refractivity contribution < 1.29 is 19.1 Å². The SMILES string of the molecule is C=C(OC(C)=O)C1=C[C@@]2(C)CC[C@@H]3[C@](C)(CCC[C@@]3(C)C(=O)OC)[C@H]2C1. The molecule has 0 aromatic carbocycles. The van der Waals surface area contributed by atoms with E-state index in [4.69, 9.17) is 9.47 Å². The summed E-state index contributed by atoms with van der Waals surface area (Å²) in [7, 11) is 1.50. The molecule has 2 fully saturated rings. The van der Waals surface area contributed by atoms with Gasteiger partial charge in [-0.3, -0.25) is 9.59 Å². The molecule has 2 saturated carbocycles. The Morgan fingerprint density at radius 1 is 1.15 bits per heavy atom. The molecule has 0 aliphatic heterocycles. The van der Waals surface area contributed by atoms with Crippen molar-refractivity contribution in [3.8, 4) is 0 Å². The van der Waals surface area contributed by atoms with Crippen molar-refractivity contribution in [2.24, 2.45) is 28.1 Å². The highest BCUT2D eigenvalue weighted by molar-refractivity contribution is 5.77. The molecule has 3 aliphatic carbocycles. The Morgan fingerprint density at radius 2 is 1.85 bits per heavy atom. The van der Waals surface area contributed by atoms with Gasteiger partial charge in [-0.25, -0.2) is 0 Å². The van der Waals surface area contributed by atoms with E-state index in [2.05, 4.69) is 33.4 Å². The maximum Gasteiger partial charge on any atom is 0.311 e. The minimum Gasteiger partial charge on any atom is -0.469 e. The predicted octanol–water partition coefficient (Wildman–Crippen LogP) is 4.80. The number of carbonyl (C=O) groups excluding carboxylic acids is 2. The highest BCUT2D eigenvalue weighted by Crippen LogP contribution is 2.68. The van der Waals surface area contributed by atoms with Gasteiger partial charge in [0, 0.05) is 6.92 Å². The Hall–Kier alpha value is -1.58. The van der Waals surface area contributed by atoms with Gasteiger partial charge >= 0.3 is 11.9 Å². The zero-order valence-corrected chi connectivity index (χ0v) is 16.8. The molecule has 0 radical (unpaired) electrons. The van der Waals surface area contributed by atoms with Gasteiger partial charge in [0.1, 0.15) is 5.76 Å². The second-order valence-corrected chi connectivity index (χ2v) is 9.31. The van der Waals surface area contributed by atoms with Crippen LogP contribution in [0.4, 0.5) is 0 Å². The summed E-state index contributed by atoms with van der Waals surface area (Å²) < 4.78 is 10.5. The number of esters is 2. The van der Waals surface area contributed by atoms with Crippen LogP contribution in [0.15, 0.2) is 24.0 Å². The average molecular weight is 360 g/mol. The molecule has 0 amide bonds. The first kappa shape index (κ1) is 19.2. The topological polar surface area (TPSA) is 52.6 Å². The lowest BCUT2D eigenvalue weighted by atomic mass is 9.43. The number of carbonyl (C=O) groups is 2. The third-order valence-electron chi connectivity index (χ3n) is 7.75. The van der Waals surface area contributed by atoms with Crippen LogP contribution in [0.1, 0.15) is 66.2 Å². The summed E-state index contributed by atoms with van der Waals surface area (Å²) >= 11 is 0. The maximum absolute atomic E-state index is 12.6. The van der Waals surface area contributed by atoms with Gasteiger partial charge in [0.2, 0.25) is 0 Å². The number of fused-ring (bicyclic) bond motifs is 3. The molecule has 26 heavy (non-hydrogen) atoms. The number of hydrogen-bond acceptors (Lipinski definition) is 4. The van der Waals surface area contributed by atoms with Crippen molar-refractivity contribution in [1.29, 1.82) is 0 Å². The number of ether oxygens (including phenoxy) is 2. The molecular formula is C22H32O4. The molecule has 0 heterocycles. The standard InChI is InChI=1S/C22H32O4/c1-14(26-15(2)23)16-12-18-20(3,13-16)11-8-17-21(18,4)9-7-10-22(17,5)19(24)25-6/h13,17-18H,1,7-12H2,2-6H3/t17-,18+,20-,21+,22-/m1/s1. The van der Waals surface area contributed by atoms with Crippen molar-refractivity contribution in [3.63, 3.8) is 0 Å². The molecule has 0 spiro atoms. The molecule has 0 N–H and O–H groups in total. The second kappa shape index (κ2) is 6.24. The van der Waals surface area contributed by atoms with Crippen LogP contribution in [0.2, 0.25) is 0 Å². The number of hydrogen-bond donors (Lipinski definition) is 0. The molecule has 0 saturated heterocycles. The molecule has 4 nitrogen and oxygen atoms in total. The van der Waals surface area contributed by atoms with Gasteiger partial charge in [0.25, 0.3) is 0 Å². The fourth-order valence-corrected chi connectivity index (χ4v) is 6.59. The molecule has 0 aromatic heterocycles. The van der Waals surface area contributed by atoms with Crippen LogP contribution in [0.5, 0.6) is 0 Å². The van der Waals surface area contributed by atoms with Gasteiger partial charge in [-0.1, -0.05) is 32.9 Å². The Labute approximate surface area is 157 Å². The zero-order valence-electron chi connectivity index (χ0n) is 16.8. The first-order valence-electron chi connectivity index (χ1n) is 9.75. The van der Waals surface area contributed by atoms with Crippen molar-refractivity contribution >= 4 is 11.9 Å². The van der Waals surface area contributed by atoms with Crippen LogP contribution >= 0.6 is 0 Å². The van der Waals surface area contributed by atoms with Crippen molar-refractivity contribution in [2.75, 3.05) is 7.11 Å². The van der Waals surface area contributed by atoms with E-state index in [0.717, 1.165) is 44.1 Å². The lowest BCUT2D eigenvalue weighted by molar-refractivity contribution is -0.175. The van der Waals surface area contributed by atoms with Crippen molar-refractivity contribution in [1.82, 2.24) is 0 Å². The van der Waals surface area contributed by atoms with E-state index in [9.17, 15) is 9.59 Å². The summed E-state index contributed by atoms with van der Waals surface area (Å²) in [5, 5.41) is 0. The summed E-state index contributed by atoms with van der Waals surface area (Å²) in [6.45, 7) is 12.2. The summed E-state index contributed by atoms with van der Waals surface area (Å²) in [6, 6.07) is 0. The van der Waals surface area contributed by atoms with Crippen LogP contribution in [0.25, 0.3) is 0 Å². The Kier molecular flexibility index (Phi) is 4.61. The monoisotopic (exact) mass is 360 g/mol. The van der Waals surface area contributed by atoms with Crippen LogP contribution in [0.3, 0.4) is 0 Å². The molecule has 0 unspecified atom stereocenters. The third kappa shape index (κ3) is 2.73. The first-order valence-corrected chi connectivity index (χ1v) is 9.75.